The first-order valence-electron chi connectivity index (χ1n) is 9.83. The van der Waals surface area contributed by atoms with Gasteiger partial charge in [-0.15, -0.1) is 0 Å². The molecule has 1 saturated heterocycles. The van der Waals surface area contributed by atoms with E-state index in [1.807, 2.05) is 24.3 Å². The zero-order valence-electron chi connectivity index (χ0n) is 16.2. The number of anilines is 1. The van der Waals surface area contributed by atoms with Gasteiger partial charge in [0.2, 0.25) is 0 Å². The maximum absolute atomic E-state index is 12.0. The summed E-state index contributed by atoms with van der Waals surface area (Å²) in [5.41, 5.74) is 7.94. The molecule has 2 fully saturated rings. The quantitative estimate of drug-likeness (QED) is 0.835. The summed E-state index contributed by atoms with van der Waals surface area (Å²) in [6.45, 7) is 2.08. The largest absolute Gasteiger partial charge is 0.493 e. The Morgan fingerprint density at radius 3 is 2.57 bits per heavy atom. The monoisotopic (exact) mass is 381 g/mol. The lowest BCUT2D eigenvalue weighted by molar-refractivity contribution is 0.174. The van der Waals surface area contributed by atoms with Crippen LogP contribution in [0.25, 0.3) is 0 Å². The van der Waals surface area contributed by atoms with Crippen LogP contribution in [-0.2, 0) is 6.42 Å². The number of rotatable bonds is 6. The summed E-state index contributed by atoms with van der Waals surface area (Å²) in [4.78, 5) is 16.0. The van der Waals surface area contributed by atoms with E-state index in [0.29, 0.717) is 12.6 Å². The average molecular weight is 381 g/mol. The molecule has 1 unspecified atom stereocenters. The first-order chi connectivity index (χ1) is 13.6. The van der Waals surface area contributed by atoms with Crippen molar-refractivity contribution in [2.75, 3.05) is 31.6 Å². The van der Waals surface area contributed by atoms with Gasteiger partial charge < -0.3 is 25.0 Å². The SMILES string of the molecule is COc1ccc(N2CCN(C(N)=O)C(Cc3ccccc3)C2)cc1OC1CC1. The Morgan fingerprint density at radius 2 is 1.89 bits per heavy atom. The summed E-state index contributed by atoms with van der Waals surface area (Å²) < 4.78 is 11.5. The zero-order chi connectivity index (χ0) is 19.5. The van der Waals surface area contributed by atoms with Gasteiger partial charge >= 0.3 is 6.03 Å². The van der Waals surface area contributed by atoms with Crippen LogP contribution in [-0.4, -0.2) is 49.8 Å². The van der Waals surface area contributed by atoms with Crippen molar-refractivity contribution in [3.05, 3.63) is 54.1 Å². The first-order valence-corrected chi connectivity index (χ1v) is 9.83. The van der Waals surface area contributed by atoms with Gasteiger partial charge in [0.25, 0.3) is 0 Å². The summed E-state index contributed by atoms with van der Waals surface area (Å²) in [5.74, 6) is 1.55. The van der Waals surface area contributed by atoms with Gasteiger partial charge in [0.05, 0.1) is 19.3 Å². The molecule has 0 bridgehead atoms. The summed E-state index contributed by atoms with van der Waals surface area (Å²) >= 11 is 0. The molecule has 2 aliphatic rings. The van der Waals surface area contributed by atoms with Crippen molar-refractivity contribution in [1.29, 1.82) is 0 Å². The molecule has 28 heavy (non-hydrogen) atoms. The Balaban J connectivity index is 1.54. The van der Waals surface area contributed by atoms with E-state index < -0.39 is 0 Å². The molecule has 148 valence electrons. The molecule has 2 aromatic rings. The van der Waals surface area contributed by atoms with Gasteiger partial charge in [-0.05, 0) is 37.0 Å². The Labute approximate surface area is 165 Å². The van der Waals surface area contributed by atoms with Crippen LogP contribution >= 0.6 is 0 Å². The first kappa shape index (κ1) is 18.5. The third kappa shape index (κ3) is 4.16. The van der Waals surface area contributed by atoms with Crippen molar-refractivity contribution in [3.8, 4) is 11.5 Å². The van der Waals surface area contributed by atoms with E-state index in [1.165, 1.54) is 5.56 Å². The minimum absolute atomic E-state index is 0.0311. The van der Waals surface area contributed by atoms with Crippen LogP contribution in [0.5, 0.6) is 11.5 Å². The van der Waals surface area contributed by atoms with Crippen molar-refractivity contribution < 1.29 is 14.3 Å². The molecule has 1 saturated carbocycles. The molecular formula is C22H27N3O3. The number of nitrogens with zero attached hydrogens (tertiary/aromatic N) is 2. The molecule has 4 rings (SSSR count). The summed E-state index contributed by atoms with van der Waals surface area (Å²) in [6, 6.07) is 16.0. The smallest absolute Gasteiger partial charge is 0.315 e. The van der Waals surface area contributed by atoms with Crippen molar-refractivity contribution in [2.45, 2.75) is 31.4 Å². The number of benzene rings is 2. The number of amides is 2. The number of hydrogen-bond donors (Lipinski definition) is 1. The molecule has 1 heterocycles. The van der Waals surface area contributed by atoms with Crippen molar-refractivity contribution >= 4 is 11.7 Å². The molecule has 2 N–H and O–H groups in total. The molecule has 6 heteroatoms. The second-order valence-corrected chi connectivity index (χ2v) is 7.47. The van der Waals surface area contributed by atoms with Gasteiger partial charge in [0.1, 0.15) is 0 Å². The number of carbonyl (C=O) groups excluding carboxylic acids is 1. The maximum atomic E-state index is 12.0. The number of carbonyl (C=O) groups is 1. The minimum Gasteiger partial charge on any atom is -0.493 e. The fraction of sp³-hybridized carbons (Fsp3) is 0.409. The number of ether oxygens (including phenoxy) is 2. The second-order valence-electron chi connectivity index (χ2n) is 7.47. The van der Waals surface area contributed by atoms with Crippen LogP contribution in [0.15, 0.2) is 48.5 Å². The van der Waals surface area contributed by atoms with Crippen LogP contribution in [0.4, 0.5) is 10.5 Å². The predicted molar refractivity (Wildman–Crippen MR) is 109 cm³/mol. The summed E-state index contributed by atoms with van der Waals surface area (Å²) in [7, 11) is 1.66. The molecule has 0 radical (unpaired) electrons. The highest BCUT2D eigenvalue weighted by Crippen LogP contribution is 2.37. The molecule has 0 aromatic heterocycles. The highest BCUT2D eigenvalue weighted by Gasteiger charge is 2.30. The van der Waals surface area contributed by atoms with Crippen LogP contribution in [0.1, 0.15) is 18.4 Å². The van der Waals surface area contributed by atoms with Crippen molar-refractivity contribution in [3.63, 3.8) is 0 Å². The Bertz CT molecular complexity index is 823. The van der Waals surface area contributed by atoms with E-state index in [0.717, 1.165) is 49.5 Å². The second kappa shape index (κ2) is 8.00. The molecule has 0 spiro atoms. The fourth-order valence-corrected chi connectivity index (χ4v) is 3.76. The predicted octanol–water partition coefficient (Wildman–Crippen LogP) is 3.05. The molecule has 2 amide bonds. The highest BCUT2D eigenvalue weighted by molar-refractivity contribution is 5.73. The van der Waals surface area contributed by atoms with Gasteiger partial charge in [-0.3, -0.25) is 0 Å². The molecule has 1 aliphatic heterocycles. The standard InChI is InChI=1S/C22H27N3O3/c1-27-20-10-7-17(14-21(20)28-19-8-9-19)24-11-12-25(22(23)26)18(15-24)13-16-5-3-2-4-6-16/h2-7,10,14,18-19H,8-9,11-13,15H2,1H3,(H2,23,26). The minimum atomic E-state index is -0.354. The van der Waals surface area contributed by atoms with E-state index in [9.17, 15) is 4.79 Å². The highest BCUT2D eigenvalue weighted by atomic mass is 16.5. The summed E-state index contributed by atoms with van der Waals surface area (Å²) in [6.07, 6.45) is 3.29. The Morgan fingerprint density at radius 1 is 1.11 bits per heavy atom. The number of urea groups is 1. The molecule has 6 nitrogen and oxygen atoms in total. The number of hydrogen-bond acceptors (Lipinski definition) is 4. The number of piperazine rings is 1. The number of nitrogens with two attached hydrogens (primary N) is 1. The van der Waals surface area contributed by atoms with Crippen molar-refractivity contribution in [2.24, 2.45) is 5.73 Å². The fourth-order valence-electron chi connectivity index (χ4n) is 3.76. The van der Waals surface area contributed by atoms with Crippen molar-refractivity contribution in [1.82, 2.24) is 4.90 Å². The van der Waals surface area contributed by atoms with Crippen LogP contribution in [0.2, 0.25) is 0 Å². The molecular weight excluding hydrogens is 354 g/mol. The molecule has 2 aromatic carbocycles. The van der Waals surface area contributed by atoms with E-state index in [2.05, 4.69) is 29.2 Å². The zero-order valence-corrected chi connectivity index (χ0v) is 16.2. The molecule has 1 aliphatic carbocycles. The average Bonchev–Trinajstić information content (AvgIpc) is 3.52. The van der Waals surface area contributed by atoms with Gasteiger partial charge in [-0.2, -0.15) is 0 Å². The topological polar surface area (TPSA) is 68.0 Å². The van der Waals surface area contributed by atoms with E-state index >= 15 is 0 Å². The third-order valence-corrected chi connectivity index (χ3v) is 5.41. The van der Waals surface area contributed by atoms with E-state index in [4.69, 9.17) is 15.2 Å². The number of methoxy groups -OCH3 is 1. The summed E-state index contributed by atoms with van der Waals surface area (Å²) in [5, 5.41) is 0. The molecule has 1 atom stereocenters. The van der Waals surface area contributed by atoms with Crippen LogP contribution in [0.3, 0.4) is 0 Å². The normalized spacial score (nSPS) is 19.4. The van der Waals surface area contributed by atoms with Gasteiger partial charge in [0, 0.05) is 31.4 Å². The Kier molecular flexibility index (Phi) is 5.28. The lowest BCUT2D eigenvalue weighted by Gasteiger charge is -2.42. The maximum Gasteiger partial charge on any atom is 0.315 e. The number of primary amides is 1. The lowest BCUT2D eigenvalue weighted by atomic mass is 10.0. The third-order valence-electron chi connectivity index (χ3n) is 5.41. The Hall–Kier alpha value is -2.89. The van der Waals surface area contributed by atoms with E-state index in [1.54, 1.807) is 12.0 Å². The van der Waals surface area contributed by atoms with Gasteiger partial charge in [-0.1, -0.05) is 30.3 Å². The van der Waals surface area contributed by atoms with E-state index in [-0.39, 0.29) is 12.1 Å². The van der Waals surface area contributed by atoms with Gasteiger partial charge in [-0.25, -0.2) is 4.79 Å². The van der Waals surface area contributed by atoms with Crippen LogP contribution < -0.4 is 20.1 Å². The lowest BCUT2D eigenvalue weighted by Crippen LogP contribution is -2.57. The van der Waals surface area contributed by atoms with Crippen LogP contribution in [0, 0.1) is 0 Å². The van der Waals surface area contributed by atoms with Gasteiger partial charge in [0.15, 0.2) is 11.5 Å².